The highest BCUT2D eigenvalue weighted by molar-refractivity contribution is 7.16. The topological polar surface area (TPSA) is 58.3 Å². The van der Waals surface area contributed by atoms with Gasteiger partial charge in [0.05, 0.1) is 17.0 Å². The largest absolute Gasteiger partial charge is 0.395 e. The van der Waals surface area contributed by atoms with Crippen molar-refractivity contribution in [2.45, 2.75) is 12.1 Å². The summed E-state index contributed by atoms with van der Waals surface area (Å²) in [6.45, 7) is -0.0406. The Hall–Kier alpha value is -0.130. The maximum atomic E-state index is 8.91. The SMILES string of the molecule is CNC(c1ccc(Cl)s1)C(N)CO. The minimum absolute atomic E-state index is 0.0255. The van der Waals surface area contributed by atoms with E-state index in [1.54, 1.807) is 0 Å². The first-order valence-electron chi connectivity index (χ1n) is 3.98. The summed E-state index contributed by atoms with van der Waals surface area (Å²) in [6, 6.07) is 3.43. The molecule has 2 unspecified atom stereocenters. The zero-order valence-corrected chi connectivity index (χ0v) is 8.90. The molecular weight excluding hydrogens is 208 g/mol. The molecule has 1 heterocycles. The lowest BCUT2D eigenvalue weighted by atomic mass is 10.1. The Morgan fingerprint density at radius 2 is 2.38 bits per heavy atom. The summed E-state index contributed by atoms with van der Waals surface area (Å²) in [4.78, 5) is 1.05. The van der Waals surface area contributed by atoms with Crippen LogP contribution in [0.15, 0.2) is 12.1 Å². The number of likely N-dealkylation sites (N-methyl/N-ethyl adjacent to an activating group) is 1. The Morgan fingerprint density at radius 1 is 1.69 bits per heavy atom. The quantitative estimate of drug-likeness (QED) is 0.709. The van der Waals surface area contributed by atoms with E-state index in [0.717, 1.165) is 9.21 Å². The van der Waals surface area contributed by atoms with Crippen molar-refractivity contribution in [2.24, 2.45) is 5.73 Å². The van der Waals surface area contributed by atoms with E-state index >= 15 is 0 Å². The summed E-state index contributed by atoms with van der Waals surface area (Å²) >= 11 is 7.27. The van der Waals surface area contributed by atoms with Gasteiger partial charge in [-0.3, -0.25) is 0 Å². The molecule has 3 nitrogen and oxygen atoms in total. The van der Waals surface area contributed by atoms with Crippen LogP contribution in [0.25, 0.3) is 0 Å². The molecule has 2 atom stereocenters. The zero-order valence-electron chi connectivity index (χ0n) is 7.33. The summed E-state index contributed by atoms with van der Waals surface area (Å²) in [7, 11) is 1.81. The van der Waals surface area contributed by atoms with Crippen molar-refractivity contribution in [3.8, 4) is 0 Å². The summed E-state index contributed by atoms with van der Waals surface area (Å²) in [5.74, 6) is 0. The molecule has 0 spiro atoms. The second kappa shape index (κ2) is 4.93. The van der Waals surface area contributed by atoms with E-state index in [1.807, 2.05) is 19.2 Å². The number of aliphatic hydroxyl groups excluding tert-OH is 1. The lowest BCUT2D eigenvalue weighted by Crippen LogP contribution is -2.38. The molecule has 1 aromatic heterocycles. The van der Waals surface area contributed by atoms with Crippen LogP contribution in [0.3, 0.4) is 0 Å². The lowest BCUT2D eigenvalue weighted by Gasteiger charge is -2.20. The first-order valence-corrected chi connectivity index (χ1v) is 5.17. The molecule has 0 saturated heterocycles. The minimum atomic E-state index is -0.292. The molecule has 0 aromatic carbocycles. The summed E-state index contributed by atoms with van der Waals surface area (Å²) in [5, 5.41) is 12.0. The molecule has 1 rings (SSSR count). The van der Waals surface area contributed by atoms with Gasteiger partial charge in [-0.1, -0.05) is 11.6 Å². The van der Waals surface area contributed by atoms with Crippen molar-refractivity contribution in [1.29, 1.82) is 0 Å². The van der Waals surface area contributed by atoms with Gasteiger partial charge < -0.3 is 16.2 Å². The monoisotopic (exact) mass is 220 g/mol. The van der Waals surface area contributed by atoms with Crippen molar-refractivity contribution in [1.82, 2.24) is 5.32 Å². The Bertz CT molecular complexity index is 266. The first-order chi connectivity index (χ1) is 6.19. The van der Waals surface area contributed by atoms with Crippen LogP contribution in [0.5, 0.6) is 0 Å². The molecule has 0 saturated carbocycles. The Morgan fingerprint density at radius 3 is 2.77 bits per heavy atom. The third-order valence-corrected chi connectivity index (χ3v) is 3.16. The Labute approximate surface area is 86.5 Å². The zero-order chi connectivity index (χ0) is 9.84. The second-order valence-electron chi connectivity index (χ2n) is 2.75. The van der Waals surface area contributed by atoms with Gasteiger partial charge in [0.15, 0.2) is 0 Å². The standard InChI is InChI=1S/C8H13ClN2OS/c1-11-8(5(10)4-12)6-2-3-7(9)13-6/h2-3,5,8,11-12H,4,10H2,1H3. The maximum absolute atomic E-state index is 8.91. The van der Waals surface area contributed by atoms with E-state index in [9.17, 15) is 0 Å². The van der Waals surface area contributed by atoms with Crippen LogP contribution in [-0.4, -0.2) is 24.8 Å². The van der Waals surface area contributed by atoms with E-state index in [0.29, 0.717) is 0 Å². The molecule has 13 heavy (non-hydrogen) atoms. The van der Waals surface area contributed by atoms with Gasteiger partial charge in [-0.05, 0) is 19.2 Å². The van der Waals surface area contributed by atoms with E-state index in [4.69, 9.17) is 22.4 Å². The average Bonchev–Trinajstić information content (AvgIpc) is 2.53. The van der Waals surface area contributed by atoms with Crippen molar-refractivity contribution < 1.29 is 5.11 Å². The highest BCUT2D eigenvalue weighted by atomic mass is 35.5. The van der Waals surface area contributed by atoms with Gasteiger partial charge >= 0.3 is 0 Å². The number of aliphatic hydroxyl groups is 1. The van der Waals surface area contributed by atoms with Gasteiger partial charge in [-0.2, -0.15) is 0 Å². The smallest absolute Gasteiger partial charge is 0.0931 e. The summed E-state index contributed by atoms with van der Waals surface area (Å²) in [6.07, 6.45) is 0. The van der Waals surface area contributed by atoms with Crippen LogP contribution in [0, 0.1) is 0 Å². The lowest BCUT2D eigenvalue weighted by molar-refractivity contribution is 0.241. The normalized spacial score (nSPS) is 15.7. The van der Waals surface area contributed by atoms with Crippen molar-refractivity contribution >= 4 is 22.9 Å². The fourth-order valence-corrected chi connectivity index (χ4v) is 2.42. The molecule has 0 radical (unpaired) electrons. The molecule has 0 aliphatic heterocycles. The predicted octanol–water partition coefficient (Wildman–Crippen LogP) is 0.982. The van der Waals surface area contributed by atoms with E-state index in [2.05, 4.69) is 5.32 Å². The average molecular weight is 221 g/mol. The molecule has 0 aliphatic rings. The summed E-state index contributed by atoms with van der Waals surface area (Å²) in [5.41, 5.74) is 5.72. The summed E-state index contributed by atoms with van der Waals surface area (Å²) < 4.78 is 0.736. The fraction of sp³-hybridized carbons (Fsp3) is 0.500. The number of hydrogen-bond acceptors (Lipinski definition) is 4. The van der Waals surface area contributed by atoms with Crippen molar-refractivity contribution in [3.63, 3.8) is 0 Å². The van der Waals surface area contributed by atoms with Crippen LogP contribution in [0.1, 0.15) is 10.9 Å². The molecule has 4 N–H and O–H groups in total. The molecular formula is C8H13ClN2OS. The van der Waals surface area contributed by atoms with Crippen LogP contribution in [0.4, 0.5) is 0 Å². The Balaban J connectivity index is 2.77. The van der Waals surface area contributed by atoms with Crippen molar-refractivity contribution in [2.75, 3.05) is 13.7 Å². The van der Waals surface area contributed by atoms with Gasteiger partial charge in [0.25, 0.3) is 0 Å². The van der Waals surface area contributed by atoms with Gasteiger partial charge in [-0.15, -0.1) is 11.3 Å². The van der Waals surface area contributed by atoms with E-state index in [-0.39, 0.29) is 18.7 Å². The second-order valence-corrected chi connectivity index (χ2v) is 4.50. The number of thiophene rings is 1. The number of nitrogens with one attached hydrogen (secondary N) is 1. The number of nitrogens with two attached hydrogens (primary N) is 1. The number of halogens is 1. The third-order valence-electron chi connectivity index (χ3n) is 1.85. The van der Waals surface area contributed by atoms with E-state index in [1.165, 1.54) is 11.3 Å². The Kier molecular flexibility index (Phi) is 4.15. The third kappa shape index (κ3) is 2.65. The van der Waals surface area contributed by atoms with E-state index < -0.39 is 0 Å². The molecule has 0 fully saturated rings. The van der Waals surface area contributed by atoms with Crippen molar-refractivity contribution in [3.05, 3.63) is 21.3 Å². The van der Waals surface area contributed by atoms with Crippen LogP contribution in [-0.2, 0) is 0 Å². The van der Waals surface area contributed by atoms with Gasteiger partial charge in [0.2, 0.25) is 0 Å². The van der Waals surface area contributed by atoms with Gasteiger partial charge in [-0.25, -0.2) is 0 Å². The number of rotatable bonds is 4. The first kappa shape index (κ1) is 10.9. The highest BCUT2D eigenvalue weighted by Gasteiger charge is 2.18. The molecule has 74 valence electrons. The molecule has 5 heteroatoms. The highest BCUT2D eigenvalue weighted by Crippen LogP contribution is 2.27. The van der Waals surface area contributed by atoms with Crippen LogP contribution < -0.4 is 11.1 Å². The molecule has 0 aliphatic carbocycles. The van der Waals surface area contributed by atoms with Crippen LogP contribution >= 0.6 is 22.9 Å². The van der Waals surface area contributed by atoms with Crippen LogP contribution in [0.2, 0.25) is 4.34 Å². The van der Waals surface area contributed by atoms with Gasteiger partial charge in [0, 0.05) is 10.9 Å². The molecule has 1 aromatic rings. The minimum Gasteiger partial charge on any atom is -0.395 e. The van der Waals surface area contributed by atoms with Gasteiger partial charge in [0.1, 0.15) is 0 Å². The predicted molar refractivity (Wildman–Crippen MR) is 56.2 cm³/mol. The number of hydrogen-bond donors (Lipinski definition) is 3. The fourth-order valence-electron chi connectivity index (χ4n) is 1.17. The molecule has 0 bridgehead atoms. The molecule has 0 amide bonds. The maximum Gasteiger partial charge on any atom is 0.0931 e.